The van der Waals surface area contributed by atoms with Crippen LogP contribution in [0.4, 0.5) is 4.79 Å². The highest BCUT2D eigenvalue weighted by Gasteiger charge is 2.24. The zero-order valence-electron chi connectivity index (χ0n) is 20.9. The van der Waals surface area contributed by atoms with Crippen molar-refractivity contribution in [2.45, 2.75) is 39.0 Å². The van der Waals surface area contributed by atoms with Crippen molar-refractivity contribution in [3.8, 4) is 11.5 Å². The van der Waals surface area contributed by atoms with Gasteiger partial charge in [-0.05, 0) is 66.6 Å². The molecule has 0 saturated heterocycles. The molecule has 0 unspecified atom stereocenters. The summed E-state index contributed by atoms with van der Waals surface area (Å²) >= 11 is 1.98. The molecule has 3 N–H and O–H groups in total. The summed E-state index contributed by atoms with van der Waals surface area (Å²) in [5.41, 5.74) is 3.11. The zero-order valence-corrected chi connectivity index (χ0v) is 23.1. The number of carbonyl (C=O) groups excluding carboxylic acids is 2. The van der Waals surface area contributed by atoms with Gasteiger partial charge in [-0.1, -0.05) is 30.3 Å². The first-order chi connectivity index (χ1) is 17.5. The SMILES string of the molecule is COc1cc(/C=N\NC(=O)[C@H](COCc2ccccc2)NC(=O)OC(C)(C)C)cc(I)c1OCC(=O)O. The van der Waals surface area contributed by atoms with Crippen molar-refractivity contribution >= 4 is 46.8 Å². The number of halogens is 1. The van der Waals surface area contributed by atoms with Gasteiger partial charge >= 0.3 is 12.1 Å². The number of hydrogen-bond acceptors (Lipinski definition) is 8. The van der Waals surface area contributed by atoms with Gasteiger partial charge in [0.25, 0.3) is 5.91 Å². The van der Waals surface area contributed by atoms with Gasteiger partial charge in [0.2, 0.25) is 0 Å². The van der Waals surface area contributed by atoms with Gasteiger partial charge in [0.15, 0.2) is 18.1 Å². The summed E-state index contributed by atoms with van der Waals surface area (Å²) in [6.07, 6.45) is 0.607. The van der Waals surface area contributed by atoms with E-state index in [4.69, 9.17) is 24.1 Å². The average molecular weight is 627 g/mol. The number of methoxy groups -OCH3 is 1. The van der Waals surface area contributed by atoms with Gasteiger partial charge in [-0.25, -0.2) is 15.0 Å². The van der Waals surface area contributed by atoms with Crippen LogP contribution in [0, 0.1) is 3.57 Å². The lowest BCUT2D eigenvalue weighted by Crippen LogP contribution is -2.49. The van der Waals surface area contributed by atoms with Gasteiger partial charge in [-0.2, -0.15) is 5.10 Å². The fraction of sp³-hybridized carbons (Fsp3) is 0.360. The van der Waals surface area contributed by atoms with E-state index in [1.54, 1.807) is 32.9 Å². The number of carboxylic acids is 1. The quantitative estimate of drug-likeness (QED) is 0.185. The van der Waals surface area contributed by atoms with Crippen LogP contribution in [0.2, 0.25) is 0 Å². The summed E-state index contributed by atoms with van der Waals surface area (Å²) in [7, 11) is 1.42. The molecule has 0 heterocycles. The highest BCUT2D eigenvalue weighted by Crippen LogP contribution is 2.33. The van der Waals surface area contributed by atoms with Crippen LogP contribution >= 0.6 is 22.6 Å². The Labute approximate surface area is 228 Å². The molecule has 0 aliphatic rings. The first-order valence-corrected chi connectivity index (χ1v) is 12.2. The molecule has 2 rings (SSSR count). The van der Waals surface area contributed by atoms with Crippen molar-refractivity contribution in [2.75, 3.05) is 20.3 Å². The summed E-state index contributed by atoms with van der Waals surface area (Å²) in [5, 5.41) is 15.3. The number of amides is 2. The number of alkyl carbamates (subject to hydrolysis) is 1. The molecule has 1 atom stereocenters. The molecule has 2 aromatic rings. The van der Waals surface area contributed by atoms with Crippen LogP contribution in [0.15, 0.2) is 47.6 Å². The molecule has 0 saturated carbocycles. The Morgan fingerprint density at radius 2 is 1.86 bits per heavy atom. The molecule has 200 valence electrons. The van der Waals surface area contributed by atoms with Crippen molar-refractivity contribution in [1.29, 1.82) is 0 Å². The number of aliphatic carboxylic acids is 1. The summed E-state index contributed by atoms with van der Waals surface area (Å²) in [6, 6.07) is 11.6. The van der Waals surface area contributed by atoms with Crippen molar-refractivity contribution in [2.24, 2.45) is 5.10 Å². The number of rotatable bonds is 12. The van der Waals surface area contributed by atoms with Crippen LogP contribution in [0.5, 0.6) is 11.5 Å². The van der Waals surface area contributed by atoms with E-state index in [1.165, 1.54) is 13.3 Å². The van der Waals surface area contributed by atoms with E-state index < -0.39 is 36.2 Å². The Balaban J connectivity index is 2.07. The van der Waals surface area contributed by atoms with Crippen LogP contribution in [0.1, 0.15) is 31.9 Å². The number of nitrogens with one attached hydrogen (secondary N) is 2. The fourth-order valence-electron chi connectivity index (χ4n) is 2.84. The van der Waals surface area contributed by atoms with Gasteiger partial charge in [0.1, 0.15) is 11.6 Å². The molecule has 0 aliphatic heterocycles. The molecule has 11 nitrogen and oxygen atoms in total. The summed E-state index contributed by atoms with van der Waals surface area (Å²) in [5.74, 6) is -1.14. The third kappa shape index (κ3) is 11.0. The van der Waals surface area contributed by atoms with Gasteiger partial charge in [0, 0.05) is 0 Å². The number of hydrazone groups is 1. The second-order valence-corrected chi connectivity index (χ2v) is 9.81. The first-order valence-electron chi connectivity index (χ1n) is 11.1. The smallest absolute Gasteiger partial charge is 0.408 e. The van der Waals surface area contributed by atoms with Crippen molar-refractivity contribution < 1.29 is 38.4 Å². The summed E-state index contributed by atoms with van der Waals surface area (Å²) in [6.45, 7) is 4.76. The van der Waals surface area contributed by atoms with Crippen molar-refractivity contribution in [1.82, 2.24) is 10.7 Å². The summed E-state index contributed by atoms with van der Waals surface area (Å²) in [4.78, 5) is 35.9. The minimum Gasteiger partial charge on any atom is -0.493 e. The maximum Gasteiger partial charge on any atom is 0.408 e. The Morgan fingerprint density at radius 3 is 2.49 bits per heavy atom. The fourth-order valence-corrected chi connectivity index (χ4v) is 3.62. The molecule has 2 aromatic carbocycles. The highest BCUT2D eigenvalue weighted by atomic mass is 127. The van der Waals surface area contributed by atoms with E-state index in [0.29, 0.717) is 14.9 Å². The Bertz CT molecular complexity index is 1100. The molecule has 37 heavy (non-hydrogen) atoms. The first kappa shape index (κ1) is 29.8. The highest BCUT2D eigenvalue weighted by molar-refractivity contribution is 14.1. The predicted octanol–water partition coefficient (Wildman–Crippen LogP) is 3.32. The third-order valence-electron chi connectivity index (χ3n) is 4.38. The van der Waals surface area contributed by atoms with E-state index >= 15 is 0 Å². The number of hydrogen-bond donors (Lipinski definition) is 3. The average Bonchev–Trinajstić information content (AvgIpc) is 2.81. The van der Waals surface area contributed by atoms with Gasteiger partial charge < -0.3 is 29.4 Å². The van der Waals surface area contributed by atoms with Crippen LogP contribution in [-0.4, -0.2) is 61.3 Å². The molecular weight excluding hydrogens is 597 g/mol. The Morgan fingerprint density at radius 1 is 1.16 bits per heavy atom. The molecule has 0 spiro atoms. The van der Waals surface area contributed by atoms with Crippen LogP contribution < -0.4 is 20.2 Å². The van der Waals surface area contributed by atoms with Crippen molar-refractivity contribution in [3.63, 3.8) is 0 Å². The lowest BCUT2D eigenvalue weighted by molar-refractivity contribution is -0.139. The minimum atomic E-state index is -1.12. The van der Waals surface area contributed by atoms with E-state index in [-0.39, 0.29) is 19.0 Å². The number of benzene rings is 2. The topological polar surface area (TPSA) is 145 Å². The second-order valence-electron chi connectivity index (χ2n) is 8.65. The minimum absolute atomic E-state index is 0.114. The zero-order chi connectivity index (χ0) is 27.4. The number of carbonyl (C=O) groups is 3. The van der Waals surface area contributed by atoms with E-state index in [2.05, 4.69) is 15.8 Å². The summed E-state index contributed by atoms with van der Waals surface area (Å²) < 4.78 is 22.0. The maximum atomic E-state index is 12.8. The van der Waals surface area contributed by atoms with Gasteiger partial charge in [-0.15, -0.1) is 0 Å². The van der Waals surface area contributed by atoms with Gasteiger partial charge in [0.05, 0.1) is 30.1 Å². The maximum absolute atomic E-state index is 12.8. The molecule has 0 fully saturated rings. The molecule has 0 radical (unpaired) electrons. The standard InChI is InChI=1S/C25H30IN3O8/c1-25(2,3)37-24(33)28-19(14-35-13-16-8-6-5-7-9-16)23(32)29-27-12-17-10-18(26)22(20(11-17)34-4)36-15-21(30)31/h5-12,19H,13-15H2,1-4H3,(H,28,33)(H,29,32)(H,30,31)/b27-12-/t19-/m0/s1. The van der Waals surface area contributed by atoms with Crippen LogP contribution in [0.25, 0.3) is 0 Å². The molecule has 0 aromatic heterocycles. The Hall–Kier alpha value is -3.39. The Kier molecular flexibility index (Phi) is 11.6. The molecule has 0 bridgehead atoms. The van der Waals surface area contributed by atoms with Gasteiger partial charge in [-0.3, -0.25) is 4.79 Å². The molecular formula is C25H30IN3O8. The molecule has 2 amide bonds. The number of nitrogens with zero attached hydrogens (tertiary/aromatic N) is 1. The second kappa shape index (κ2) is 14.4. The third-order valence-corrected chi connectivity index (χ3v) is 5.18. The number of carboxylic acid groups (broad SMARTS) is 1. The number of ether oxygens (including phenoxy) is 4. The normalized spacial score (nSPS) is 12.0. The molecule has 12 heteroatoms. The molecule has 0 aliphatic carbocycles. The predicted molar refractivity (Wildman–Crippen MR) is 144 cm³/mol. The van der Waals surface area contributed by atoms with E-state index in [9.17, 15) is 14.4 Å². The van der Waals surface area contributed by atoms with Crippen LogP contribution in [-0.2, 0) is 25.7 Å². The lowest BCUT2D eigenvalue weighted by atomic mass is 10.2. The lowest BCUT2D eigenvalue weighted by Gasteiger charge is -2.22. The van der Waals surface area contributed by atoms with Crippen molar-refractivity contribution in [3.05, 3.63) is 57.2 Å². The largest absolute Gasteiger partial charge is 0.493 e. The monoisotopic (exact) mass is 627 g/mol. The van der Waals surface area contributed by atoms with Crippen LogP contribution in [0.3, 0.4) is 0 Å². The van der Waals surface area contributed by atoms with E-state index in [0.717, 1.165) is 5.56 Å². The van der Waals surface area contributed by atoms with E-state index in [1.807, 2.05) is 52.9 Å².